The summed E-state index contributed by atoms with van der Waals surface area (Å²) in [5.74, 6) is 0.655. The number of hydrogen-bond donors (Lipinski definition) is 1. The van der Waals surface area contributed by atoms with Crippen LogP contribution in [0.5, 0.6) is 0 Å². The molecule has 2 aliphatic heterocycles. The standard InChI is InChI=1S/C23H31N3O2.ClH/c24-20-9-8-19(15-20)22(28)25-13-10-23(11-14-25)16-21(27)26(17-23)12-4-7-18-5-2-1-3-6-18;/h1-7,19-20H,8-17,24H2;1H/b7-4+;/t19-,20+;/m0./s1. The van der Waals surface area contributed by atoms with Crippen molar-refractivity contribution in [3.63, 3.8) is 0 Å². The summed E-state index contributed by atoms with van der Waals surface area (Å²) < 4.78 is 0. The van der Waals surface area contributed by atoms with Gasteiger partial charge in [-0.05, 0) is 37.7 Å². The van der Waals surface area contributed by atoms with Crippen LogP contribution in [0.3, 0.4) is 0 Å². The van der Waals surface area contributed by atoms with E-state index in [0.717, 1.165) is 57.3 Å². The first-order valence-corrected chi connectivity index (χ1v) is 10.6. The molecule has 158 valence electrons. The van der Waals surface area contributed by atoms with Crippen molar-refractivity contribution in [2.45, 2.75) is 44.6 Å². The van der Waals surface area contributed by atoms with Crippen molar-refractivity contribution in [2.75, 3.05) is 26.2 Å². The van der Waals surface area contributed by atoms with Gasteiger partial charge in [0.15, 0.2) is 0 Å². The zero-order chi connectivity index (χ0) is 19.6. The molecule has 2 atom stereocenters. The van der Waals surface area contributed by atoms with Gasteiger partial charge in [0.25, 0.3) is 0 Å². The van der Waals surface area contributed by atoms with E-state index in [2.05, 4.69) is 24.3 Å². The van der Waals surface area contributed by atoms with Crippen LogP contribution in [-0.4, -0.2) is 53.8 Å². The number of hydrogen-bond acceptors (Lipinski definition) is 3. The molecule has 29 heavy (non-hydrogen) atoms. The van der Waals surface area contributed by atoms with Crippen LogP contribution < -0.4 is 5.73 Å². The molecule has 0 aromatic heterocycles. The minimum absolute atomic E-state index is 0. The van der Waals surface area contributed by atoms with Gasteiger partial charge in [-0.1, -0.05) is 42.5 Å². The fraction of sp³-hybridized carbons (Fsp3) is 0.565. The topological polar surface area (TPSA) is 66.6 Å². The van der Waals surface area contributed by atoms with E-state index in [0.29, 0.717) is 13.0 Å². The predicted octanol–water partition coefficient (Wildman–Crippen LogP) is 3.09. The van der Waals surface area contributed by atoms with E-state index in [9.17, 15) is 9.59 Å². The number of nitrogens with zero attached hydrogens (tertiary/aromatic N) is 2. The molecule has 1 spiro atoms. The minimum atomic E-state index is 0. The Hall–Kier alpha value is -1.85. The molecule has 6 heteroatoms. The first-order valence-electron chi connectivity index (χ1n) is 10.6. The van der Waals surface area contributed by atoms with Crippen LogP contribution in [0.2, 0.25) is 0 Å². The number of rotatable bonds is 4. The molecule has 1 aliphatic carbocycles. The lowest BCUT2D eigenvalue weighted by molar-refractivity contribution is -0.137. The van der Waals surface area contributed by atoms with Crippen molar-refractivity contribution in [3.05, 3.63) is 42.0 Å². The summed E-state index contributed by atoms with van der Waals surface area (Å²) in [6.45, 7) is 3.05. The highest BCUT2D eigenvalue weighted by atomic mass is 35.5. The fourth-order valence-corrected chi connectivity index (χ4v) is 5.06. The first-order chi connectivity index (χ1) is 13.5. The van der Waals surface area contributed by atoms with Crippen molar-refractivity contribution in [3.8, 4) is 0 Å². The van der Waals surface area contributed by atoms with Crippen LogP contribution in [0.25, 0.3) is 6.08 Å². The number of piperidine rings is 1. The van der Waals surface area contributed by atoms with E-state index in [-0.39, 0.29) is 41.6 Å². The maximum Gasteiger partial charge on any atom is 0.225 e. The third kappa shape index (κ3) is 5.01. The van der Waals surface area contributed by atoms with E-state index in [1.54, 1.807) is 0 Å². The zero-order valence-electron chi connectivity index (χ0n) is 17.0. The van der Waals surface area contributed by atoms with Crippen molar-refractivity contribution >= 4 is 30.3 Å². The molecule has 2 N–H and O–H groups in total. The smallest absolute Gasteiger partial charge is 0.225 e. The Morgan fingerprint density at radius 3 is 2.55 bits per heavy atom. The number of likely N-dealkylation sites (tertiary alicyclic amines) is 2. The summed E-state index contributed by atoms with van der Waals surface area (Å²) in [6.07, 6.45) is 9.38. The molecular weight excluding hydrogens is 386 g/mol. The van der Waals surface area contributed by atoms with Gasteiger partial charge < -0.3 is 15.5 Å². The molecule has 0 radical (unpaired) electrons. The summed E-state index contributed by atoms with van der Waals surface area (Å²) in [6, 6.07) is 10.4. The molecule has 3 fully saturated rings. The Morgan fingerprint density at radius 1 is 1.17 bits per heavy atom. The third-order valence-corrected chi connectivity index (χ3v) is 6.80. The normalized spacial score (nSPS) is 26.3. The third-order valence-electron chi connectivity index (χ3n) is 6.80. The number of amides is 2. The summed E-state index contributed by atoms with van der Waals surface area (Å²) in [5, 5.41) is 0. The predicted molar refractivity (Wildman–Crippen MR) is 117 cm³/mol. The van der Waals surface area contributed by atoms with Gasteiger partial charge in [-0.3, -0.25) is 9.59 Å². The van der Waals surface area contributed by atoms with Gasteiger partial charge in [0.05, 0.1) is 0 Å². The van der Waals surface area contributed by atoms with E-state index >= 15 is 0 Å². The SMILES string of the molecule is Cl.N[C@@H]1CC[C@H](C(=O)N2CCC3(CC2)CC(=O)N(C/C=C/c2ccccc2)C3)C1. The van der Waals surface area contributed by atoms with Gasteiger partial charge in [0.2, 0.25) is 11.8 Å². The van der Waals surface area contributed by atoms with Gasteiger partial charge in [-0.2, -0.15) is 0 Å². The summed E-state index contributed by atoms with van der Waals surface area (Å²) in [4.78, 5) is 29.3. The highest BCUT2D eigenvalue weighted by Gasteiger charge is 2.45. The van der Waals surface area contributed by atoms with Gasteiger partial charge in [0.1, 0.15) is 0 Å². The average Bonchev–Trinajstić information content (AvgIpc) is 3.26. The summed E-state index contributed by atoms with van der Waals surface area (Å²) in [5.41, 5.74) is 7.19. The Labute approximate surface area is 179 Å². The number of benzene rings is 1. The van der Waals surface area contributed by atoms with Crippen LogP contribution in [0, 0.1) is 11.3 Å². The van der Waals surface area contributed by atoms with Crippen molar-refractivity contribution in [1.82, 2.24) is 9.80 Å². The Bertz CT molecular complexity index is 744. The second-order valence-corrected chi connectivity index (χ2v) is 8.86. The number of halogens is 1. The van der Waals surface area contributed by atoms with Crippen LogP contribution in [-0.2, 0) is 9.59 Å². The molecule has 1 saturated carbocycles. The summed E-state index contributed by atoms with van der Waals surface area (Å²) in [7, 11) is 0. The molecule has 2 amide bonds. The maximum atomic E-state index is 12.7. The second kappa shape index (κ2) is 9.31. The van der Waals surface area contributed by atoms with Gasteiger partial charge >= 0.3 is 0 Å². The Balaban J connectivity index is 0.00000240. The van der Waals surface area contributed by atoms with Crippen LogP contribution in [0.4, 0.5) is 0 Å². The molecule has 1 aromatic carbocycles. The van der Waals surface area contributed by atoms with E-state index in [1.807, 2.05) is 28.0 Å². The number of carbonyl (C=O) groups excluding carboxylic acids is 2. The largest absolute Gasteiger partial charge is 0.342 e. The lowest BCUT2D eigenvalue weighted by Crippen LogP contribution is -2.46. The Morgan fingerprint density at radius 2 is 1.90 bits per heavy atom. The first kappa shape index (κ1) is 21.8. The Kier molecular flexibility index (Phi) is 7.01. The molecular formula is C23H32ClN3O2. The quantitative estimate of drug-likeness (QED) is 0.818. The van der Waals surface area contributed by atoms with Gasteiger partial charge in [0, 0.05) is 50.0 Å². The van der Waals surface area contributed by atoms with Crippen LogP contribution >= 0.6 is 12.4 Å². The molecule has 0 bridgehead atoms. The van der Waals surface area contributed by atoms with Gasteiger partial charge in [-0.15, -0.1) is 12.4 Å². The molecule has 5 nitrogen and oxygen atoms in total. The van der Waals surface area contributed by atoms with E-state index in [4.69, 9.17) is 5.73 Å². The molecule has 1 aromatic rings. The number of carbonyl (C=O) groups is 2. The second-order valence-electron chi connectivity index (χ2n) is 8.86. The highest BCUT2D eigenvalue weighted by molar-refractivity contribution is 5.85. The van der Waals surface area contributed by atoms with Gasteiger partial charge in [-0.25, -0.2) is 0 Å². The van der Waals surface area contributed by atoms with Crippen molar-refractivity contribution < 1.29 is 9.59 Å². The lowest BCUT2D eigenvalue weighted by Gasteiger charge is -2.39. The van der Waals surface area contributed by atoms with Crippen molar-refractivity contribution in [2.24, 2.45) is 17.1 Å². The lowest BCUT2D eigenvalue weighted by atomic mass is 9.77. The van der Waals surface area contributed by atoms with Crippen molar-refractivity contribution in [1.29, 1.82) is 0 Å². The molecule has 2 saturated heterocycles. The molecule has 2 heterocycles. The van der Waals surface area contributed by atoms with Crippen LogP contribution in [0.15, 0.2) is 36.4 Å². The van der Waals surface area contributed by atoms with E-state index in [1.165, 1.54) is 0 Å². The monoisotopic (exact) mass is 417 g/mol. The van der Waals surface area contributed by atoms with Crippen LogP contribution in [0.1, 0.15) is 44.1 Å². The number of nitrogens with two attached hydrogens (primary N) is 1. The molecule has 4 rings (SSSR count). The zero-order valence-corrected chi connectivity index (χ0v) is 17.8. The molecule has 3 aliphatic rings. The van der Waals surface area contributed by atoms with E-state index < -0.39 is 0 Å². The molecule has 0 unspecified atom stereocenters. The minimum Gasteiger partial charge on any atom is -0.342 e. The maximum absolute atomic E-state index is 12.7. The summed E-state index contributed by atoms with van der Waals surface area (Å²) >= 11 is 0. The fourth-order valence-electron chi connectivity index (χ4n) is 5.06. The average molecular weight is 418 g/mol. The highest BCUT2D eigenvalue weighted by Crippen LogP contribution is 2.41.